The van der Waals surface area contributed by atoms with Crippen LogP contribution in [0.5, 0.6) is 17.4 Å². The van der Waals surface area contributed by atoms with Crippen LogP contribution in [0.25, 0.3) is 0 Å². The minimum atomic E-state index is 0.130. The maximum absolute atomic E-state index is 12.8. The largest absolute Gasteiger partial charge is 0.493 e. The van der Waals surface area contributed by atoms with Crippen molar-refractivity contribution in [2.75, 3.05) is 33.9 Å². The van der Waals surface area contributed by atoms with Gasteiger partial charge in [-0.1, -0.05) is 12.1 Å². The van der Waals surface area contributed by atoms with Crippen molar-refractivity contribution in [3.8, 4) is 17.4 Å². The second-order valence-electron chi connectivity index (χ2n) is 7.14. The van der Waals surface area contributed by atoms with E-state index in [1.54, 1.807) is 14.2 Å². The van der Waals surface area contributed by atoms with Gasteiger partial charge in [-0.25, -0.2) is 4.98 Å². The molecule has 1 unspecified atom stereocenters. The van der Waals surface area contributed by atoms with Crippen LogP contribution in [0.3, 0.4) is 0 Å². The summed E-state index contributed by atoms with van der Waals surface area (Å²) in [6.45, 7) is 4.04. The van der Waals surface area contributed by atoms with Gasteiger partial charge in [-0.15, -0.1) is 0 Å². The van der Waals surface area contributed by atoms with Crippen LogP contribution >= 0.6 is 0 Å². The molecule has 0 bridgehead atoms. The first-order valence-corrected chi connectivity index (χ1v) is 9.64. The van der Waals surface area contributed by atoms with E-state index in [2.05, 4.69) is 4.98 Å². The number of pyridine rings is 1. The van der Waals surface area contributed by atoms with Gasteiger partial charge < -0.3 is 19.1 Å². The monoisotopic (exact) mass is 384 g/mol. The number of aromatic nitrogens is 1. The van der Waals surface area contributed by atoms with E-state index >= 15 is 0 Å². The topological polar surface area (TPSA) is 60.9 Å². The number of benzene rings is 1. The molecule has 1 aliphatic heterocycles. The molecule has 6 nitrogen and oxygen atoms in total. The summed E-state index contributed by atoms with van der Waals surface area (Å²) in [4.78, 5) is 19.1. The Labute approximate surface area is 166 Å². The summed E-state index contributed by atoms with van der Waals surface area (Å²) in [6.07, 6.45) is 2.41. The summed E-state index contributed by atoms with van der Waals surface area (Å²) in [5.74, 6) is 2.41. The first kappa shape index (κ1) is 20.0. The normalized spacial score (nSPS) is 16.5. The Morgan fingerprint density at radius 3 is 2.75 bits per heavy atom. The molecule has 1 saturated heterocycles. The quantitative estimate of drug-likeness (QED) is 0.733. The van der Waals surface area contributed by atoms with Crippen LogP contribution < -0.4 is 14.2 Å². The lowest BCUT2D eigenvalue weighted by molar-refractivity contribution is -0.132. The van der Waals surface area contributed by atoms with Gasteiger partial charge in [0.05, 0.1) is 27.2 Å². The van der Waals surface area contributed by atoms with E-state index < -0.39 is 0 Å². The van der Waals surface area contributed by atoms with Crippen LogP contribution in [0.15, 0.2) is 36.4 Å². The van der Waals surface area contributed by atoms with Gasteiger partial charge in [0, 0.05) is 30.8 Å². The van der Waals surface area contributed by atoms with Crippen molar-refractivity contribution in [2.45, 2.75) is 26.2 Å². The Morgan fingerprint density at radius 2 is 2.00 bits per heavy atom. The molecule has 1 aliphatic rings. The molecule has 2 aromatic rings. The van der Waals surface area contributed by atoms with Crippen molar-refractivity contribution in [3.63, 3.8) is 0 Å². The van der Waals surface area contributed by atoms with Gasteiger partial charge in [-0.2, -0.15) is 0 Å². The van der Waals surface area contributed by atoms with Gasteiger partial charge in [0.2, 0.25) is 11.8 Å². The first-order valence-electron chi connectivity index (χ1n) is 9.64. The number of hydrogen-bond acceptors (Lipinski definition) is 5. The van der Waals surface area contributed by atoms with Gasteiger partial charge in [0.25, 0.3) is 0 Å². The molecule has 1 fully saturated rings. The van der Waals surface area contributed by atoms with E-state index in [-0.39, 0.29) is 5.91 Å². The van der Waals surface area contributed by atoms with E-state index in [1.165, 1.54) is 0 Å². The fraction of sp³-hybridized carbons (Fsp3) is 0.455. The fourth-order valence-corrected chi connectivity index (χ4v) is 3.51. The molecule has 3 rings (SSSR count). The van der Waals surface area contributed by atoms with Gasteiger partial charge in [0.1, 0.15) is 0 Å². The number of carbonyl (C=O) groups excluding carboxylic acids is 1. The molecule has 0 aliphatic carbocycles. The maximum atomic E-state index is 12.8. The molecule has 1 amide bonds. The number of hydrogen-bond donors (Lipinski definition) is 0. The van der Waals surface area contributed by atoms with Crippen molar-refractivity contribution >= 4 is 5.91 Å². The predicted octanol–water partition coefficient (Wildman–Crippen LogP) is 3.27. The van der Waals surface area contributed by atoms with Crippen molar-refractivity contribution in [1.82, 2.24) is 9.88 Å². The highest BCUT2D eigenvalue weighted by Gasteiger charge is 2.24. The zero-order chi connectivity index (χ0) is 19.9. The Morgan fingerprint density at radius 1 is 1.18 bits per heavy atom. The fourth-order valence-electron chi connectivity index (χ4n) is 3.51. The number of rotatable bonds is 7. The number of nitrogens with zero attached hydrogens (tertiary/aromatic N) is 2. The summed E-state index contributed by atoms with van der Waals surface area (Å²) in [7, 11) is 3.20. The first-order chi connectivity index (χ1) is 13.6. The molecule has 150 valence electrons. The summed E-state index contributed by atoms with van der Waals surface area (Å²) in [6, 6.07) is 11.4. The van der Waals surface area contributed by atoms with E-state index in [0.29, 0.717) is 36.3 Å². The molecule has 6 heteroatoms. The van der Waals surface area contributed by atoms with Crippen molar-refractivity contribution in [1.29, 1.82) is 0 Å². The van der Waals surface area contributed by atoms with Gasteiger partial charge >= 0.3 is 0 Å². The van der Waals surface area contributed by atoms with E-state index in [9.17, 15) is 4.79 Å². The maximum Gasteiger partial charge on any atom is 0.227 e. The molecule has 1 aromatic heterocycles. The van der Waals surface area contributed by atoms with Crippen LogP contribution in [0.2, 0.25) is 0 Å². The summed E-state index contributed by atoms with van der Waals surface area (Å²) >= 11 is 0. The molecule has 1 aromatic carbocycles. The number of aryl methyl sites for hydroxylation is 1. The summed E-state index contributed by atoms with van der Waals surface area (Å²) in [5, 5.41) is 0. The molecular formula is C22H28N2O4. The Kier molecular flexibility index (Phi) is 6.74. The summed E-state index contributed by atoms with van der Waals surface area (Å²) < 4.78 is 16.4. The highest BCUT2D eigenvalue weighted by Crippen LogP contribution is 2.28. The highest BCUT2D eigenvalue weighted by molar-refractivity contribution is 5.79. The Balaban J connectivity index is 1.55. The van der Waals surface area contributed by atoms with E-state index in [0.717, 1.165) is 37.2 Å². The zero-order valence-corrected chi connectivity index (χ0v) is 16.8. The minimum Gasteiger partial charge on any atom is -0.493 e. The van der Waals surface area contributed by atoms with Gasteiger partial charge in [0.15, 0.2) is 11.5 Å². The number of ether oxygens (including phenoxy) is 3. The zero-order valence-electron chi connectivity index (χ0n) is 16.8. The minimum absolute atomic E-state index is 0.130. The molecule has 0 saturated carbocycles. The molecule has 0 spiro atoms. The third-order valence-corrected chi connectivity index (χ3v) is 5.00. The molecule has 0 radical (unpaired) electrons. The van der Waals surface area contributed by atoms with Crippen molar-refractivity contribution < 1.29 is 19.0 Å². The van der Waals surface area contributed by atoms with E-state index in [4.69, 9.17) is 14.2 Å². The van der Waals surface area contributed by atoms with Crippen LogP contribution in [0.4, 0.5) is 0 Å². The molecular weight excluding hydrogens is 356 g/mol. The third-order valence-electron chi connectivity index (χ3n) is 5.00. The molecule has 1 atom stereocenters. The number of amides is 1. The van der Waals surface area contributed by atoms with Gasteiger partial charge in [-0.3, -0.25) is 4.79 Å². The lowest BCUT2D eigenvalue weighted by Crippen LogP contribution is -2.42. The number of piperidine rings is 1. The number of carbonyl (C=O) groups is 1. The van der Waals surface area contributed by atoms with Crippen molar-refractivity contribution in [3.05, 3.63) is 47.7 Å². The number of methoxy groups -OCH3 is 2. The second-order valence-corrected chi connectivity index (χ2v) is 7.14. The van der Waals surface area contributed by atoms with Crippen LogP contribution in [0.1, 0.15) is 24.1 Å². The third kappa shape index (κ3) is 5.15. The van der Waals surface area contributed by atoms with Crippen LogP contribution in [-0.2, 0) is 11.2 Å². The molecule has 28 heavy (non-hydrogen) atoms. The lowest BCUT2D eigenvalue weighted by atomic mass is 9.98. The van der Waals surface area contributed by atoms with Crippen LogP contribution in [0, 0.1) is 12.8 Å². The Bertz CT molecular complexity index is 809. The van der Waals surface area contributed by atoms with Gasteiger partial charge in [-0.05, 0) is 43.5 Å². The predicted molar refractivity (Wildman–Crippen MR) is 107 cm³/mol. The van der Waals surface area contributed by atoms with E-state index in [1.807, 2.05) is 48.2 Å². The SMILES string of the molecule is COc1ccc(CC(=O)N2CCCC(COc3cccc(C)n3)C2)cc1OC. The average molecular weight is 384 g/mol. The standard InChI is InChI=1S/C22H28N2O4/c1-16-6-4-8-21(23-16)28-15-18-7-5-11-24(14-18)22(25)13-17-9-10-19(26-2)20(12-17)27-3/h4,6,8-10,12,18H,5,7,11,13-15H2,1-3H3. The second kappa shape index (κ2) is 9.44. The average Bonchev–Trinajstić information content (AvgIpc) is 2.72. The highest BCUT2D eigenvalue weighted by atomic mass is 16.5. The molecule has 0 N–H and O–H groups in total. The van der Waals surface area contributed by atoms with Crippen molar-refractivity contribution in [2.24, 2.45) is 5.92 Å². The summed E-state index contributed by atoms with van der Waals surface area (Å²) in [5.41, 5.74) is 1.86. The lowest BCUT2D eigenvalue weighted by Gasteiger charge is -2.32. The molecule has 2 heterocycles. The Hall–Kier alpha value is -2.76. The van der Waals surface area contributed by atoms with Crippen LogP contribution in [-0.4, -0.2) is 49.7 Å². The smallest absolute Gasteiger partial charge is 0.227 e. The number of likely N-dealkylation sites (tertiary alicyclic amines) is 1.